The van der Waals surface area contributed by atoms with Crippen LogP contribution in [0.25, 0.3) is 44.5 Å². The van der Waals surface area contributed by atoms with E-state index in [4.69, 9.17) is 0 Å². The van der Waals surface area contributed by atoms with Gasteiger partial charge in [-0.2, -0.15) is 26.3 Å². The summed E-state index contributed by atoms with van der Waals surface area (Å²) in [5.41, 5.74) is 0.929. The first-order valence-electron chi connectivity index (χ1n) is 13.3. The Morgan fingerprint density at radius 2 is 0.976 bits per heavy atom. The minimum absolute atomic E-state index is 0.104. The number of rotatable bonds is 4. The Morgan fingerprint density at radius 1 is 0.500 bits per heavy atom. The molecular formula is C35H27F6N. The van der Waals surface area contributed by atoms with Crippen molar-refractivity contribution in [2.75, 3.05) is 0 Å². The van der Waals surface area contributed by atoms with Crippen molar-refractivity contribution < 1.29 is 26.3 Å². The Morgan fingerprint density at radius 3 is 1.40 bits per heavy atom. The van der Waals surface area contributed by atoms with Gasteiger partial charge in [-0.15, -0.1) is 0 Å². The topological polar surface area (TPSA) is 12.9 Å². The minimum atomic E-state index is -4.68. The third-order valence-electron chi connectivity index (χ3n) is 7.22. The van der Waals surface area contributed by atoms with Crippen LogP contribution >= 0.6 is 0 Å². The fraction of sp³-hybridized carbons (Fsp3) is 0.171. The lowest BCUT2D eigenvalue weighted by atomic mass is 9.78. The fourth-order valence-corrected chi connectivity index (χ4v) is 5.10. The lowest BCUT2D eigenvalue weighted by molar-refractivity contribution is -0.137. The Labute approximate surface area is 240 Å². The molecule has 0 aliphatic rings. The van der Waals surface area contributed by atoms with E-state index < -0.39 is 28.9 Å². The molecule has 0 unspecified atom stereocenters. The fourth-order valence-electron chi connectivity index (χ4n) is 5.10. The highest BCUT2D eigenvalue weighted by Crippen LogP contribution is 2.49. The number of aromatic nitrogens is 1. The highest BCUT2D eigenvalue weighted by Gasteiger charge is 2.37. The maximum absolute atomic E-state index is 14.3. The molecule has 214 valence electrons. The van der Waals surface area contributed by atoms with Gasteiger partial charge in [0.2, 0.25) is 0 Å². The van der Waals surface area contributed by atoms with Crippen LogP contribution in [0.15, 0.2) is 109 Å². The Kier molecular flexibility index (Phi) is 7.48. The molecule has 1 nitrogen and oxygen atoms in total. The molecule has 1 aromatic heterocycles. The van der Waals surface area contributed by atoms with Gasteiger partial charge in [0, 0.05) is 12.4 Å². The van der Waals surface area contributed by atoms with Crippen LogP contribution in [0.3, 0.4) is 0 Å². The number of halogens is 6. The first kappa shape index (κ1) is 29.1. The van der Waals surface area contributed by atoms with Crippen LogP contribution < -0.4 is 0 Å². The molecular weight excluding hydrogens is 548 g/mol. The summed E-state index contributed by atoms with van der Waals surface area (Å²) in [6, 6.07) is 24.4. The molecule has 0 fully saturated rings. The Bertz CT molecular complexity index is 1630. The average molecular weight is 576 g/mol. The van der Waals surface area contributed by atoms with Crippen LogP contribution in [0.4, 0.5) is 26.3 Å². The highest BCUT2D eigenvalue weighted by atomic mass is 19.4. The maximum atomic E-state index is 14.3. The first-order valence-corrected chi connectivity index (χ1v) is 13.3. The molecule has 0 amide bonds. The average Bonchev–Trinajstić information content (AvgIpc) is 2.96. The molecule has 0 saturated heterocycles. The lowest BCUT2D eigenvalue weighted by Crippen LogP contribution is -2.14. The van der Waals surface area contributed by atoms with Crippen molar-refractivity contribution in [1.82, 2.24) is 4.98 Å². The predicted molar refractivity (Wildman–Crippen MR) is 155 cm³/mol. The molecule has 0 spiro atoms. The summed E-state index contributed by atoms with van der Waals surface area (Å²) in [5, 5.41) is 0. The van der Waals surface area contributed by atoms with Gasteiger partial charge >= 0.3 is 12.4 Å². The standard InChI is InChI=1S/C35H27F6N/c1-33(2,3)25-19-28(26-10-4-6-12-30(26)34(36,37)38)32(23-16-14-22(15-17-23)24-9-8-18-42-21-24)29(20-25)27-11-5-7-13-31(27)35(39,40)41/h4-21H,1-3H3. The molecule has 4 aromatic carbocycles. The van der Waals surface area contributed by atoms with E-state index in [1.807, 2.05) is 26.8 Å². The number of pyridine rings is 1. The van der Waals surface area contributed by atoms with Crippen molar-refractivity contribution in [2.24, 2.45) is 0 Å². The molecule has 0 saturated carbocycles. The largest absolute Gasteiger partial charge is 0.417 e. The number of benzene rings is 4. The van der Waals surface area contributed by atoms with Gasteiger partial charge in [0.1, 0.15) is 0 Å². The van der Waals surface area contributed by atoms with E-state index in [1.54, 1.807) is 54.9 Å². The van der Waals surface area contributed by atoms with Gasteiger partial charge in [-0.1, -0.05) is 87.5 Å². The lowest BCUT2D eigenvalue weighted by Gasteiger charge is -2.27. The van der Waals surface area contributed by atoms with Crippen LogP contribution in [0.2, 0.25) is 0 Å². The van der Waals surface area contributed by atoms with Crippen molar-refractivity contribution in [2.45, 2.75) is 38.5 Å². The summed E-state index contributed by atoms with van der Waals surface area (Å²) in [6.07, 6.45) is -6.04. The zero-order chi connectivity index (χ0) is 30.3. The second kappa shape index (κ2) is 10.8. The zero-order valence-electron chi connectivity index (χ0n) is 23.1. The second-order valence-electron chi connectivity index (χ2n) is 11.1. The number of hydrogen-bond acceptors (Lipinski definition) is 1. The van der Waals surface area contributed by atoms with Crippen molar-refractivity contribution in [3.63, 3.8) is 0 Å². The van der Waals surface area contributed by atoms with Crippen molar-refractivity contribution in [3.8, 4) is 44.5 Å². The molecule has 0 aliphatic heterocycles. The monoisotopic (exact) mass is 575 g/mol. The van der Waals surface area contributed by atoms with E-state index in [2.05, 4.69) is 4.98 Å². The van der Waals surface area contributed by atoms with E-state index in [0.29, 0.717) is 11.1 Å². The number of hydrogen-bond donors (Lipinski definition) is 0. The van der Waals surface area contributed by atoms with Crippen LogP contribution in [0.5, 0.6) is 0 Å². The van der Waals surface area contributed by atoms with E-state index in [9.17, 15) is 26.3 Å². The molecule has 1 heterocycles. The van der Waals surface area contributed by atoms with Gasteiger partial charge in [0.25, 0.3) is 0 Å². The molecule has 0 atom stereocenters. The number of nitrogens with zero attached hydrogens (tertiary/aromatic N) is 1. The van der Waals surface area contributed by atoms with Gasteiger partial charge in [-0.05, 0) is 85.8 Å². The van der Waals surface area contributed by atoms with Gasteiger partial charge in [0.05, 0.1) is 11.1 Å². The zero-order valence-corrected chi connectivity index (χ0v) is 23.1. The molecule has 0 N–H and O–H groups in total. The minimum Gasteiger partial charge on any atom is -0.264 e. The first-order chi connectivity index (χ1) is 19.7. The third-order valence-corrected chi connectivity index (χ3v) is 7.22. The molecule has 5 rings (SSSR count). The molecule has 42 heavy (non-hydrogen) atoms. The second-order valence-corrected chi connectivity index (χ2v) is 11.1. The van der Waals surface area contributed by atoms with E-state index in [-0.39, 0.29) is 27.8 Å². The molecule has 0 radical (unpaired) electrons. The summed E-state index contributed by atoms with van der Waals surface area (Å²) >= 11 is 0. The van der Waals surface area contributed by atoms with Gasteiger partial charge in [-0.25, -0.2) is 0 Å². The van der Waals surface area contributed by atoms with Gasteiger partial charge < -0.3 is 0 Å². The van der Waals surface area contributed by atoms with E-state index in [1.165, 1.54) is 36.4 Å². The third kappa shape index (κ3) is 5.82. The summed E-state index contributed by atoms with van der Waals surface area (Å²) in [6.45, 7) is 5.64. The molecule has 5 aromatic rings. The SMILES string of the molecule is CC(C)(C)c1cc(-c2ccccc2C(F)(F)F)c(-c2ccc(-c3cccnc3)cc2)c(-c2ccccc2C(F)(F)F)c1. The molecule has 0 bridgehead atoms. The van der Waals surface area contributed by atoms with Crippen LogP contribution in [-0.4, -0.2) is 4.98 Å². The van der Waals surface area contributed by atoms with Crippen LogP contribution in [-0.2, 0) is 17.8 Å². The van der Waals surface area contributed by atoms with Crippen molar-refractivity contribution >= 4 is 0 Å². The smallest absolute Gasteiger partial charge is 0.264 e. The summed E-state index contributed by atoms with van der Waals surface area (Å²) in [7, 11) is 0. The van der Waals surface area contributed by atoms with Crippen molar-refractivity contribution in [1.29, 1.82) is 0 Å². The predicted octanol–water partition coefficient (Wildman–Crippen LogP) is 11.1. The van der Waals surface area contributed by atoms with Crippen molar-refractivity contribution in [3.05, 3.63) is 126 Å². The van der Waals surface area contributed by atoms with Gasteiger partial charge in [-0.3, -0.25) is 4.98 Å². The van der Waals surface area contributed by atoms with E-state index in [0.717, 1.165) is 23.3 Å². The van der Waals surface area contributed by atoms with Crippen LogP contribution in [0, 0.1) is 0 Å². The maximum Gasteiger partial charge on any atom is 0.417 e. The highest BCUT2D eigenvalue weighted by molar-refractivity contribution is 5.97. The molecule has 0 aliphatic carbocycles. The summed E-state index contributed by atoms with van der Waals surface area (Å²) < 4.78 is 86.0. The summed E-state index contributed by atoms with van der Waals surface area (Å²) in [5.74, 6) is 0. The number of alkyl halides is 6. The normalized spacial score (nSPS) is 12.4. The Hall–Kier alpha value is -4.39. The van der Waals surface area contributed by atoms with Crippen LogP contribution in [0.1, 0.15) is 37.5 Å². The van der Waals surface area contributed by atoms with E-state index >= 15 is 0 Å². The quantitative estimate of drug-likeness (QED) is 0.194. The molecule has 7 heteroatoms. The summed E-state index contributed by atoms with van der Waals surface area (Å²) in [4.78, 5) is 4.13. The Balaban J connectivity index is 1.91. The van der Waals surface area contributed by atoms with Gasteiger partial charge in [0.15, 0.2) is 0 Å².